The van der Waals surface area contributed by atoms with Gasteiger partial charge in [-0.3, -0.25) is 0 Å². The van der Waals surface area contributed by atoms with Crippen LogP contribution in [0.4, 0.5) is 0 Å². The Morgan fingerprint density at radius 3 is 3.00 bits per heavy atom. The van der Waals surface area contributed by atoms with E-state index in [9.17, 15) is 0 Å². The number of H-pyrrole nitrogens is 1. The van der Waals surface area contributed by atoms with Gasteiger partial charge in [-0.25, -0.2) is 0 Å². The van der Waals surface area contributed by atoms with Crippen LogP contribution in [0.2, 0.25) is 0 Å². The molecule has 2 nitrogen and oxygen atoms in total. The van der Waals surface area contributed by atoms with E-state index >= 15 is 0 Å². The molecule has 0 aliphatic rings. The normalized spacial score (nSPS) is 10.9. The molecule has 0 amide bonds. The van der Waals surface area contributed by atoms with Crippen LogP contribution in [0.15, 0.2) is 24.3 Å². The Labute approximate surface area is 78.0 Å². The second-order valence-corrected chi connectivity index (χ2v) is 3.36. The molecule has 0 aliphatic carbocycles. The molecule has 0 radical (unpaired) electrons. The zero-order valence-electron chi connectivity index (χ0n) is 8.02. The van der Waals surface area contributed by atoms with Crippen LogP contribution in [0, 0.1) is 6.92 Å². The lowest BCUT2D eigenvalue weighted by atomic mass is 10.1. The highest BCUT2D eigenvalue weighted by molar-refractivity contribution is 5.83. The summed E-state index contributed by atoms with van der Waals surface area (Å²) in [5.41, 5.74) is 3.81. The number of hydrogen-bond donors (Lipinski definition) is 2. The van der Waals surface area contributed by atoms with Crippen molar-refractivity contribution < 1.29 is 0 Å². The number of para-hydroxylation sites is 1. The van der Waals surface area contributed by atoms with Crippen molar-refractivity contribution >= 4 is 10.9 Å². The average molecular weight is 174 g/mol. The van der Waals surface area contributed by atoms with Crippen molar-refractivity contribution in [2.45, 2.75) is 13.5 Å². The summed E-state index contributed by atoms with van der Waals surface area (Å²) in [7, 11) is 1.97. The van der Waals surface area contributed by atoms with Crippen LogP contribution in [0.5, 0.6) is 0 Å². The highest BCUT2D eigenvalue weighted by Crippen LogP contribution is 2.18. The molecule has 1 aromatic heterocycles. The lowest BCUT2D eigenvalue weighted by molar-refractivity contribution is 0.822. The minimum absolute atomic E-state index is 0.914. The van der Waals surface area contributed by atoms with Crippen molar-refractivity contribution in [1.29, 1.82) is 0 Å². The van der Waals surface area contributed by atoms with Crippen molar-refractivity contribution in [3.63, 3.8) is 0 Å². The Morgan fingerprint density at radius 1 is 1.38 bits per heavy atom. The van der Waals surface area contributed by atoms with Gasteiger partial charge in [0.15, 0.2) is 0 Å². The smallest absolute Gasteiger partial charge is 0.0501 e. The first-order valence-corrected chi connectivity index (χ1v) is 4.53. The van der Waals surface area contributed by atoms with E-state index in [1.165, 1.54) is 22.2 Å². The monoisotopic (exact) mass is 174 g/mol. The third-order valence-electron chi connectivity index (χ3n) is 2.24. The van der Waals surface area contributed by atoms with Crippen LogP contribution in [0.3, 0.4) is 0 Å². The van der Waals surface area contributed by atoms with Gasteiger partial charge in [-0.2, -0.15) is 0 Å². The molecule has 2 aromatic rings. The summed E-state index contributed by atoms with van der Waals surface area (Å²) in [6, 6.07) is 8.56. The van der Waals surface area contributed by atoms with Gasteiger partial charge >= 0.3 is 0 Å². The number of benzene rings is 1. The first kappa shape index (κ1) is 8.32. The molecule has 0 aliphatic heterocycles. The third kappa shape index (κ3) is 1.45. The predicted molar refractivity (Wildman–Crippen MR) is 55.8 cm³/mol. The average Bonchev–Trinajstić information content (AvgIpc) is 2.47. The Kier molecular flexibility index (Phi) is 2.07. The summed E-state index contributed by atoms with van der Waals surface area (Å²) in [4.78, 5) is 3.37. The maximum Gasteiger partial charge on any atom is 0.0501 e. The van der Waals surface area contributed by atoms with Crippen LogP contribution in [-0.2, 0) is 6.54 Å². The maximum absolute atomic E-state index is 3.37. The largest absolute Gasteiger partial charge is 0.358 e. The number of aryl methyl sites for hydroxylation is 1. The molecule has 1 aromatic carbocycles. The van der Waals surface area contributed by atoms with Gasteiger partial charge in [0.05, 0.1) is 5.52 Å². The molecule has 13 heavy (non-hydrogen) atoms. The SMILES string of the molecule is CNCc1cccc2cc(C)[nH]c12. The van der Waals surface area contributed by atoms with Gasteiger partial charge in [0.25, 0.3) is 0 Å². The summed E-state index contributed by atoms with van der Waals surface area (Å²) in [5.74, 6) is 0. The van der Waals surface area contributed by atoms with E-state index in [-0.39, 0.29) is 0 Å². The molecule has 0 saturated heterocycles. The summed E-state index contributed by atoms with van der Waals surface area (Å²) in [6.07, 6.45) is 0. The van der Waals surface area contributed by atoms with Gasteiger partial charge in [0.2, 0.25) is 0 Å². The van der Waals surface area contributed by atoms with Gasteiger partial charge in [0.1, 0.15) is 0 Å². The molecule has 0 unspecified atom stereocenters. The van der Waals surface area contributed by atoms with Gasteiger partial charge < -0.3 is 10.3 Å². The Hall–Kier alpha value is -1.28. The molecule has 0 saturated carbocycles. The second kappa shape index (κ2) is 3.23. The molecule has 2 rings (SSSR count). The van der Waals surface area contributed by atoms with E-state index in [4.69, 9.17) is 0 Å². The van der Waals surface area contributed by atoms with Crippen LogP contribution >= 0.6 is 0 Å². The standard InChI is InChI=1S/C11H14N2/c1-8-6-9-4-3-5-10(7-12-2)11(9)13-8/h3-6,12-13H,7H2,1-2H3. The summed E-state index contributed by atoms with van der Waals surface area (Å²) >= 11 is 0. The van der Waals surface area contributed by atoms with Crippen LogP contribution in [0.1, 0.15) is 11.3 Å². The number of fused-ring (bicyclic) bond motifs is 1. The topological polar surface area (TPSA) is 27.8 Å². The predicted octanol–water partition coefficient (Wildman–Crippen LogP) is 2.20. The van der Waals surface area contributed by atoms with E-state index in [0.717, 1.165) is 6.54 Å². The molecular formula is C11H14N2. The number of aromatic nitrogens is 1. The van der Waals surface area contributed by atoms with Crippen molar-refractivity contribution in [2.75, 3.05) is 7.05 Å². The Bertz CT molecular complexity index is 415. The number of aromatic amines is 1. The Morgan fingerprint density at radius 2 is 2.23 bits per heavy atom. The molecular weight excluding hydrogens is 160 g/mol. The first-order valence-electron chi connectivity index (χ1n) is 4.53. The molecule has 68 valence electrons. The molecule has 1 heterocycles. The fourth-order valence-corrected chi connectivity index (χ4v) is 1.70. The minimum Gasteiger partial charge on any atom is -0.358 e. The fraction of sp³-hybridized carbons (Fsp3) is 0.273. The first-order chi connectivity index (χ1) is 6.31. The maximum atomic E-state index is 3.37. The molecule has 0 bridgehead atoms. The fourth-order valence-electron chi connectivity index (χ4n) is 1.70. The van der Waals surface area contributed by atoms with E-state index in [1.807, 2.05) is 7.05 Å². The van der Waals surface area contributed by atoms with Gasteiger partial charge in [-0.15, -0.1) is 0 Å². The quantitative estimate of drug-likeness (QED) is 0.717. The zero-order valence-corrected chi connectivity index (χ0v) is 8.02. The van der Waals surface area contributed by atoms with Crippen molar-refractivity contribution in [2.24, 2.45) is 0 Å². The molecule has 0 fully saturated rings. The van der Waals surface area contributed by atoms with E-state index in [2.05, 4.69) is 41.5 Å². The summed E-state index contributed by atoms with van der Waals surface area (Å²) in [5, 5.41) is 4.46. The minimum atomic E-state index is 0.914. The number of rotatable bonds is 2. The van der Waals surface area contributed by atoms with Crippen molar-refractivity contribution in [3.05, 3.63) is 35.5 Å². The summed E-state index contributed by atoms with van der Waals surface area (Å²) < 4.78 is 0. The van der Waals surface area contributed by atoms with Crippen molar-refractivity contribution in [3.8, 4) is 0 Å². The third-order valence-corrected chi connectivity index (χ3v) is 2.24. The lowest BCUT2D eigenvalue weighted by Crippen LogP contribution is -2.05. The van der Waals surface area contributed by atoms with Crippen LogP contribution in [0.25, 0.3) is 10.9 Å². The zero-order chi connectivity index (χ0) is 9.26. The molecule has 0 atom stereocenters. The van der Waals surface area contributed by atoms with E-state index < -0.39 is 0 Å². The summed E-state index contributed by atoms with van der Waals surface area (Å²) in [6.45, 7) is 3.00. The van der Waals surface area contributed by atoms with E-state index in [0.29, 0.717) is 0 Å². The number of nitrogens with one attached hydrogen (secondary N) is 2. The highest BCUT2D eigenvalue weighted by atomic mass is 14.8. The highest BCUT2D eigenvalue weighted by Gasteiger charge is 2.01. The van der Waals surface area contributed by atoms with Crippen molar-refractivity contribution in [1.82, 2.24) is 10.3 Å². The van der Waals surface area contributed by atoms with Crippen LogP contribution < -0.4 is 5.32 Å². The number of hydrogen-bond acceptors (Lipinski definition) is 1. The van der Waals surface area contributed by atoms with Gasteiger partial charge in [0, 0.05) is 12.2 Å². The molecule has 2 heteroatoms. The lowest BCUT2D eigenvalue weighted by Gasteiger charge is -2.01. The molecule has 0 spiro atoms. The van der Waals surface area contributed by atoms with Gasteiger partial charge in [-0.1, -0.05) is 18.2 Å². The second-order valence-electron chi connectivity index (χ2n) is 3.36. The van der Waals surface area contributed by atoms with E-state index in [1.54, 1.807) is 0 Å². The van der Waals surface area contributed by atoms with Gasteiger partial charge in [-0.05, 0) is 31.0 Å². The Balaban J connectivity index is 2.60. The van der Waals surface area contributed by atoms with Crippen LogP contribution in [-0.4, -0.2) is 12.0 Å². The molecule has 2 N–H and O–H groups in total.